The van der Waals surface area contributed by atoms with Crippen molar-refractivity contribution >= 4 is 28.5 Å². The van der Waals surface area contributed by atoms with Crippen molar-refractivity contribution in [1.29, 1.82) is 0 Å². The minimum absolute atomic E-state index is 0.108. The van der Waals surface area contributed by atoms with E-state index in [1.807, 2.05) is 36.2 Å². The van der Waals surface area contributed by atoms with E-state index in [9.17, 15) is 4.79 Å². The van der Waals surface area contributed by atoms with Gasteiger partial charge in [-0.3, -0.25) is 4.79 Å². The van der Waals surface area contributed by atoms with E-state index in [2.05, 4.69) is 43.4 Å². The fourth-order valence-electron chi connectivity index (χ4n) is 1.87. The lowest BCUT2D eigenvalue weighted by Crippen LogP contribution is -2.35. The van der Waals surface area contributed by atoms with Crippen LogP contribution in [0.4, 0.5) is 0 Å². The molecule has 0 aliphatic rings. The summed E-state index contributed by atoms with van der Waals surface area (Å²) < 4.78 is 1.10. The van der Waals surface area contributed by atoms with Gasteiger partial charge in [0.2, 0.25) is 0 Å². The van der Waals surface area contributed by atoms with Crippen LogP contribution in [0.5, 0.6) is 0 Å². The third kappa shape index (κ3) is 4.30. The summed E-state index contributed by atoms with van der Waals surface area (Å²) in [4.78, 5) is 14.1. The van der Waals surface area contributed by atoms with Crippen LogP contribution < -0.4 is 0 Å². The second-order valence-corrected chi connectivity index (χ2v) is 6.15. The Balaban J connectivity index is 2.76. The molecule has 0 saturated carbocycles. The van der Waals surface area contributed by atoms with Crippen LogP contribution in [0.3, 0.4) is 0 Å². The van der Waals surface area contributed by atoms with Crippen molar-refractivity contribution in [3.63, 3.8) is 0 Å². The van der Waals surface area contributed by atoms with Crippen LogP contribution in [0.25, 0.3) is 0 Å². The Bertz CT molecular complexity index is 390. The highest BCUT2D eigenvalue weighted by molar-refractivity contribution is 14.1. The Labute approximate surface area is 118 Å². The maximum absolute atomic E-state index is 12.2. The Morgan fingerprint density at radius 3 is 2.53 bits per heavy atom. The molecule has 94 valence electrons. The first-order chi connectivity index (χ1) is 7.91. The topological polar surface area (TPSA) is 20.3 Å². The molecule has 0 radical (unpaired) electrons. The summed E-state index contributed by atoms with van der Waals surface area (Å²) in [6, 6.07) is 8.01. The lowest BCUT2D eigenvalue weighted by molar-refractivity contribution is 0.0728. The summed E-state index contributed by atoms with van der Waals surface area (Å²) in [5, 5.41) is 0. The monoisotopic (exact) mass is 345 g/mol. The van der Waals surface area contributed by atoms with E-state index in [4.69, 9.17) is 0 Å². The molecule has 17 heavy (non-hydrogen) atoms. The molecule has 0 bridgehead atoms. The summed E-state index contributed by atoms with van der Waals surface area (Å²) in [6.07, 6.45) is 1.03. The van der Waals surface area contributed by atoms with Gasteiger partial charge in [-0.1, -0.05) is 19.9 Å². The van der Waals surface area contributed by atoms with Gasteiger partial charge in [-0.25, -0.2) is 0 Å². The molecular weight excluding hydrogens is 325 g/mol. The number of rotatable bonds is 4. The van der Waals surface area contributed by atoms with E-state index in [-0.39, 0.29) is 11.9 Å². The number of hydrogen-bond donors (Lipinski definition) is 0. The van der Waals surface area contributed by atoms with Crippen LogP contribution in [-0.4, -0.2) is 23.9 Å². The average molecular weight is 345 g/mol. The molecule has 0 aliphatic carbocycles. The van der Waals surface area contributed by atoms with Crippen molar-refractivity contribution in [2.75, 3.05) is 7.05 Å². The average Bonchev–Trinajstić information content (AvgIpc) is 2.26. The summed E-state index contributed by atoms with van der Waals surface area (Å²) >= 11 is 2.23. The molecular formula is C14H20INO. The molecule has 1 atom stereocenters. The van der Waals surface area contributed by atoms with Gasteiger partial charge < -0.3 is 4.90 Å². The lowest BCUT2D eigenvalue weighted by atomic mass is 10.0. The van der Waals surface area contributed by atoms with Gasteiger partial charge in [-0.05, 0) is 60.1 Å². The predicted octanol–water partition coefficient (Wildman–Crippen LogP) is 3.80. The molecule has 1 aromatic carbocycles. The molecule has 0 fully saturated rings. The molecule has 0 heterocycles. The highest BCUT2D eigenvalue weighted by Crippen LogP contribution is 2.14. The van der Waals surface area contributed by atoms with Gasteiger partial charge in [0.25, 0.3) is 5.91 Å². The summed E-state index contributed by atoms with van der Waals surface area (Å²) in [5.41, 5.74) is 0.773. The quantitative estimate of drug-likeness (QED) is 0.761. The zero-order chi connectivity index (χ0) is 13.0. The van der Waals surface area contributed by atoms with Crippen molar-refractivity contribution < 1.29 is 4.79 Å². The zero-order valence-electron chi connectivity index (χ0n) is 10.9. The smallest absolute Gasteiger partial charge is 0.253 e. The first-order valence-corrected chi connectivity index (χ1v) is 7.02. The van der Waals surface area contributed by atoms with Crippen LogP contribution in [-0.2, 0) is 0 Å². The van der Waals surface area contributed by atoms with E-state index < -0.39 is 0 Å². The van der Waals surface area contributed by atoms with E-state index in [0.29, 0.717) is 5.92 Å². The van der Waals surface area contributed by atoms with Crippen LogP contribution >= 0.6 is 22.6 Å². The van der Waals surface area contributed by atoms with Gasteiger partial charge in [0, 0.05) is 22.2 Å². The highest BCUT2D eigenvalue weighted by atomic mass is 127. The molecule has 0 saturated heterocycles. The Hall–Kier alpha value is -0.580. The highest BCUT2D eigenvalue weighted by Gasteiger charge is 2.18. The number of nitrogens with zero attached hydrogens (tertiary/aromatic N) is 1. The van der Waals surface area contributed by atoms with Gasteiger partial charge in [0.1, 0.15) is 0 Å². The molecule has 0 aliphatic heterocycles. The third-order valence-corrected chi connectivity index (χ3v) is 3.54. The van der Waals surface area contributed by atoms with Gasteiger partial charge in [-0.2, -0.15) is 0 Å². The second-order valence-electron chi connectivity index (χ2n) is 4.90. The third-order valence-electron chi connectivity index (χ3n) is 2.87. The molecule has 0 spiro atoms. The SMILES string of the molecule is CC(C)CC(C)N(C)C(=O)c1cccc(I)c1. The van der Waals surface area contributed by atoms with Gasteiger partial charge in [0.05, 0.1) is 0 Å². The largest absolute Gasteiger partial charge is 0.339 e. The van der Waals surface area contributed by atoms with Crippen LogP contribution in [0.1, 0.15) is 37.6 Å². The maximum Gasteiger partial charge on any atom is 0.253 e. The number of halogens is 1. The Kier molecular flexibility index (Phi) is 5.43. The molecule has 1 unspecified atom stereocenters. The van der Waals surface area contributed by atoms with E-state index >= 15 is 0 Å². The second kappa shape index (κ2) is 6.38. The van der Waals surface area contributed by atoms with Crippen molar-refractivity contribution in [3.05, 3.63) is 33.4 Å². The number of carbonyl (C=O) groups is 1. The van der Waals surface area contributed by atoms with E-state index in [1.165, 1.54) is 0 Å². The van der Waals surface area contributed by atoms with Crippen LogP contribution in [0.15, 0.2) is 24.3 Å². The first kappa shape index (κ1) is 14.5. The minimum atomic E-state index is 0.108. The van der Waals surface area contributed by atoms with Crippen molar-refractivity contribution in [2.24, 2.45) is 5.92 Å². The van der Waals surface area contributed by atoms with E-state index in [1.54, 1.807) is 0 Å². The van der Waals surface area contributed by atoms with Crippen LogP contribution in [0, 0.1) is 9.49 Å². The van der Waals surface area contributed by atoms with Crippen molar-refractivity contribution in [3.8, 4) is 0 Å². The Morgan fingerprint density at radius 1 is 1.35 bits per heavy atom. The van der Waals surface area contributed by atoms with Crippen molar-refractivity contribution in [2.45, 2.75) is 33.2 Å². The van der Waals surface area contributed by atoms with Crippen LogP contribution in [0.2, 0.25) is 0 Å². The fourth-order valence-corrected chi connectivity index (χ4v) is 2.41. The molecule has 1 aromatic rings. The standard InChI is InChI=1S/C14H20INO/c1-10(2)8-11(3)16(4)14(17)12-6-5-7-13(15)9-12/h5-7,9-11H,8H2,1-4H3. The van der Waals surface area contributed by atoms with Gasteiger partial charge >= 0.3 is 0 Å². The Morgan fingerprint density at radius 2 is 2.00 bits per heavy atom. The molecule has 3 heteroatoms. The van der Waals surface area contributed by atoms with Gasteiger partial charge in [0.15, 0.2) is 0 Å². The molecule has 2 nitrogen and oxygen atoms in total. The summed E-state index contributed by atoms with van der Waals surface area (Å²) in [6.45, 7) is 6.46. The zero-order valence-corrected chi connectivity index (χ0v) is 13.1. The molecule has 1 rings (SSSR count). The molecule has 0 aromatic heterocycles. The minimum Gasteiger partial charge on any atom is -0.339 e. The van der Waals surface area contributed by atoms with E-state index in [0.717, 1.165) is 15.6 Å². The lowest BCUT2D eigenvalue weighted by Gasteiger charge is -2.26. The number of amides is 1. The first-order valence-electron chi connectivity index (χ1n) is 5.94. The summed E-state index contributed by atoms with van der Waals surface area (Å²) in [5.74, 6) is 0.716. The summed E-state index contributed by atoms with van der Waals surface area (Å²) in [7, 11) is 1.88. The maximum atomic E-state index is 12.2. The molecule has 0 N–H and O–H groups in total. The van der Waals surface area contributed by atoms with Crippen molar-refractivity contribution in [1.82, 2.24) is 4.90 Å². The number of benzene rings is 1. The fraction of sp³-hybridized carbons (Fsp3) is 0.500. The number of hydrogen-bond acceptors (Lipinski definition) is 1. The van der Waals surface area contributed by atoms with Gasteiger partial charge in [-0.15, -0.1) is 0 Å². The predicted molar refractivity (Wildman–Crippen MR) is 80.2 cm³/mol. The normalized spacial score (nSPS) is 12.6. The molecule has 1 amide bonds. The number of carbonyl (C=O) groups excluding carboxylic acids is 1.